The first-order chi connectivity index (χ1) is 10.9. The van der Waals surface area contributed by atoms with Gasteiger partial charge in [-0.2, -0.15) is 0 Å². The van der Waals surface area contributed by atoms with Crippen molar-refractivity contribution in [2.45, 2.75) is 46.4 Å². The van der Waals surface area contributed by atoms with E-state index < -0.39 is 0 Å². The third-order valence-electron chi connectivity index (χ3n) is 3.41. The Kier molecular flexibility index (Phi) is 5.88. The summed E-state index contributed by atoms with van der Waals surface area (Å²) in [4.78, 5) is 14.3. The second-order valence-corrected chi connectivity index (χ2v) is 6.82. The average Bonchev–Trinajstić information content (AvgIpc) is 2.95. The van der Waals surface area contributed by atoms with Crippen molar-refractivity contribution < 1.29 is 13.9 Å². The molecule has 1 amide bonds. The second-order valence-electron chi connectivity index (χ2n) is 5.91. The molecule has 23 heavy (non-hydrogen) atoms. The lowest BCUT2D eigenvalue weighted by molar-refractivity contribution is 0.0606. The van der Waals surface area contributed by atoms with E-state index in [1.54, 1.807) is 17.0 Å². The quantitative estimate of drug-likeness (QED) is 0.717. The van der Waals surface area contributed by atoms with Crippen molar-refractivity contribution in [1.82, 2.24) is 4.90 Å². The average molecular weight is 380 g/mol. The van der Waals surface area contributed by atoms with Gasteiger partial charge in [-0.25, -0.2) is 0 Å². The van der Waals surface area contributed by atoms with Crippen molar-refractivity contribution in [1.29, 1.82) is 0 Å². The van der Waals surface area contributed by atoms with Gasteiger partial charge < -0.3 is 14.1 Å². The first-order valence-corrected chi connectivity index (χ1v) is 8.47. The van der Waals surface area contributed by atoms with E-state index in [4.69, 9.17) is 9.15 Å². The molecular formula is C18H22BrNO3. The van der Waals surface area contributed by atoms with Gasteiger partial charge in [0.2, 0.25) is 0 Å². The third-order valence-corrected chi connectivity index (χ3v) is 3.94. The van der Waals surface area contributed by atoms with Gasteiger partial charge in [-0.05, 0) is 64.1 Å². The lowest BCUT2D eigenvalue weighted by atomic mass is 10.2. The number of hydrogen-bond acceptors (Lipinski definition) is 3. The van der Waals surface area contributed by atoms with Gasteiger partial charge in [0.15, 0.2) is 5.76 Å². The predicted octanol–water partition coefficient (Wildman–Crippen LogP) is 4.88. The number of ether oxygens (including phenoxy) is 1. The van der Waals surface area contributed by atoms with E-state index in [0.29, 0.717) is 11.5 Å². The van der Waals surface area contributed by atoms with Crippen molar-refractivity contribution >= 4 is 21.8 Å². The zero-order valence-corrected chi connectivity index (χ0v) is 15.5. The van der Waals surface area contributed by atoms with Crippen LogP contribution in [0, 0.1) is 0 Å². The molecule has 0 aliphatic heterocycles. The monoisotopic (exact) mass is 379 g/mol. The van der Waals surface area contributed by atoms with Gasteiger partial charge in [-0.3, -0.25) is 4.79 Å². The minimum Gasteiger partial charge on any atom is -0.486 e. The Bertz CT molecular complexity index is 639. The molecule has 2 aromatic rings. The maximum Gasteiger partial charge on any atom is 0.290 e. The highest BCUT2D eigenvalue weighted by molar-refractivity contribution is 9.10. The largest absolute Gasteiger partial charge is 0.486 e. The van der Waals surface area contributed by atoms with Crippen molar-refractivity contribution in [3.63, 3.8) is 0 Å². The van der Waals surface area contributed by atoms with E-state index in [2.05, 4.69) is 15.9 Å². The molecule has 0 aliphatic rings. The number of amides is 1. The summed E-state index contributed by atoms with van der Waals surface area (Å²) < 4.78 is 12.3. The molecule has 5 heteroatoms. The first kappa shape index (κ1) is 17.6. The minimum absolute atomic E-state index is 0.0927. The van der Waals surface area contributed by atoms with E-state index in [1.807, 2.05) is 52.0 Å². The van der Waals surface area contributed by atoms with E-state index in [1.165, 1.54) is 0 Å². The molecule has 2 rings (SSSR count). The van der Waals surface area contributed by atoms with Crippen molar-refractivity contribution in [3.05, 3.63) is 52.4 Å². The van der Waals surface area contributed by atoms with Gasteiger partial charge in [0.25, 0.3) is 5.91 Å². The van der Waals surface area contributed by atoms with Gasteiger partial charge in [0, 0.05) is 16.6 Å². The molecule has 0 unspecified atom stereocenters. The van der Waals surface area contributed by atoms with Crippen LogP contribution in [0.2, 0.25) is 0 Å². The highest BCUT2D eigenvalue weighted by Gasteiger charge is 2.24. The maximum absolute atomic E-state index is 12.5. The lowest BCUT2D eigenvalue weighted by Crippen LogP contribution is -2.41. The summed E-state index contributed by atoms with van der Waals surface area (Å²) in [5.74, 6) is 1.64. The maximum atomic E-state index is 12.5. The molecule has 0 N–H and O–H groups in total. The fourth-order valence-corrected chi connectivity index (χ4v) is 2.71. The van der Waals surface area contributed by atoms with Crippen molar-refractivity contribution in [2.75, 3.05) is 0 Å². The fraction of sp³-hybridized carbons (Fsp3) is 0.389. The number of nitrogens with zero attached hydrogens (tertiary/aromatic N) is 1. The number of furan rings is 1. The number of rotatable bonds is 6. The Morgan fingerprint density at radius 3 is 2.26 bits per heavy atom. The molecule has 124 valence electrons. The summed E-state index contributed by atoms with van der Waals surface area (Å²) in [6.07, 6.45) is 0. The van der Waals surface area contributed by atoms with Crippen LogP contribution in [0.5, 0.6) is 5.75 Å². The fourth-order valence-electron chi connectivity index (χ4n) is 2.45. The summed E-state index contributed by atoms with van der Waals surface area (Å²) in [5, 5.41) is 0. The molecular weight excluding hydrogens is 358 g/mol. The molecule has 0 fully saturated rings. The minimum atomic E-state index is -0.0927. The van der Waals surface area contributed by atoms with E-state index in [0.717, 1.165) is 10.2 Å². The SMILES string of the molecule is CC(C)N(C(=O)c1ccc(COc2ccc(Br)cc2)o1)C(C)C. The normalized spacial score (nSPS) is 11.1. The van der Waals surface area contributed by atoms with Crippen LogP contribution in [0.15, 0.2) is 45.3 Å². The Morgan fingerprint density at radius 1 is 1.09 bits per heavy atom. The molecule has 4 nitrogen and oxygen atoms in total. The zero-order chi connectivity index (χ0) is 17.0. The predicted molar refractivity (Wildman–Crippen MR) is 93.6 cm³/mol. The first-order valence-electron chi connectivity index (χ1n) is 7.68. The Morgan fingerprint density at radius 2 is 1.70 bits per heavy atom. The third kappa shape index (κ3) is 4.61. The molecule has 1 aromatic heterocycles. The van der Waals surface area contributed by atoms with Gasteiger partial charge in [-0.1, -0.05) is 15.9 Å². The summed E-state index contributed by atoms with van der Waals surface area (Å²) in [6.45, 7) is 8.28. The van der Waals surface area contributed by atoms with Crippen LogP contribution in [0.25, 0.3) is 0 Å². The summed E-state index contributed by atoms with van der Waals surface area (Å²) >= 11 is 3.38. The number of carbonyl (C=O) groups excluding carboxylic acids is 1. The van der Waals surface area contributed by atoms with Gasteiger partial charge in [0.1, 0.15) is 18.1 Å². The molecule has 0 spiro atoms. The number of halogens is 1. The van der Waals surface area contributed by atoms with Gasteiger partial charge in [0.05, 0.1) is 0 Å². The molecule has 1 heterocycles. The van der Waals surface area contributed by atoms with Crippen molar-refractivity contribution in [3.8, 4) is 5.75 Å². The molecule has 0 bridgehead atoms. The summed E-state index contributed by atoms with van der Waals surface area (Å²) in [5.41, 5.74) is 0. The Labute approximate surface area is 145 Å². The van der Waals surface area contributed by atoms with E-state index >= 15 is 0 Å². The van der Waals surface area contributed by atoms with Crippen LogP contribution in [0.3, 0.4) is 0 Å². The molecule has 0 saturated carbocycles. The zero-order valence-electron chi connectivity index (χ0n) is 13.9. The van der Waals surface area contributed by atoms with Crippen LogP contribution in [-0.2, 0) is 6.61 Å². The van der Waals surface area contributed by atoms with Crippen LogP contribution < -0.4 is 4.74 Å². The van der Waals surface area contributed by atoms with E-state index in [-0.39, 0.29) is 24.6 Å². The van der Waals surface area contributed by atoms with Crippen LogP contribution in [0.1, 0.15) is 44.0 Å². The lowest BCUT2D eigenvalue weighted by Gasteiger charge is -2.29. The highest BCUT2D eigenvalue weighted by Crippen LogP contribution is 2.19. The van der Waals surface area contributed by atoms with Gasteiger partial charge >= 0.3 is 0 Å². The number of benzene rings is 1. The highest BCUT2D eigenvalue weighted by atomic mass is 79.9. The molecule has 0 atom stereocenters. The Hall–Kier alpha value is -1.75. The molecule has 0 saturated heterocycles. The topological polar surface area (TPSA) is 42.7 Å². The van der Waals surface area contributed by atoms with E-state index in [9.17, 15) is 4.79 Å². The standard InChI is InChI=1S/C18H22BrNO3/c1-12(2)20(13(3)4)18(21)17-10-9-16(23-17)11-22-15-7-5-14(19)6-8-15/h5-10,12-13H,11H2,1-4H3. The van der Waals surface area contributed by atoms with Crippen LogP contribution in [0.4, 0.5) is 0 Å². The summed E-state index contributed by atoms with van der Waals surface area (Å²) in [7, 11) is 0. The van der Waals surface area contributed by atoms with Crippen LogP contribution >= 0.6 is 15.9 Å². The molecule has 1 aromatic carbocycles. The summed E-state index contributed by atoms with van der Waals surface area (Å²) in [6, 6.07) is 11.3. The molecule has 0 radical (unpaired) electrons. The van der Waals surface area contributed by atoms with Crippen LogP contribution in [-0.4, -0.2) is 22.9 Å². The molecule has 0 aliphatic carbocycles. The Balaban J connectivity index is 2.02. The number of carbonyl (C=O) groups is 1. The van der Waals surface area contributed by atoms with Crippen molar-refractivity contribution in [2.24, 2.45) is 0 Å². The second kappa shape index (κ2) is 7.68. The smallest absolute Gasteiger partial charge is 0.290 e. The van der Waals surface area contributed by atoms with Gasteiger partial charge in [-0.15, -0.1) is 0 Å². The number of hydrogen-bond donors (Lipinski definition) is 0.